The number of alkyl carbamates (subject to hydrolysis) is 1. The van der Waals surface area contributed by atoms with Crippen molar-refractivity contribution in [2.75, 3.05) is 5.32 Å². The van der Waals surface area contributed by atoms with Gasteiger partial charge in [0.25, 0.3) is 0 Å². The van der Waals surface area contributed by atoms with Crippen molar-refractivity contribution in [3.8, 4) is 11.1 Å². The highest BCUT2D eigenvalue weighted by Gasteiger charge is 2.45. The Morgan fingerprint density at radius 2 is 1.97 bits per heavy atom. The summed E-state index contributed by atoms with van der Waals surface area (Å²) in [6.07, 6.45) is 5.18. The van der Waals surface area contributed by atoms with E-state index in [1.807, 2.05) is 52.1 Å². The molecule has 3 N–H and O–H groups in total. The summed E-state index contributed by atoms with van der Waals surface area (Å²) in [5.74, 6) is -0.685. The van der Waals surface area contributed by atoms with Gasteiger partial charge in [0, 0.05) is 40.2 Å². The van der Waals surface area contributed by atoms with Crippen molar-refractivity contribution < 1.29 is 13.9 Å². The second kappa shape index (κ2) is 8.49. The first kappa shape index (κ1) is 23.0. The lowest BCUT2D eigenvalue weighted by Crippen LogP contribution is -2.53. The van der Waals surface area contributed by atoms with E-state index in [0.717, 1.165) is 47.7 Å². The van der Waals surface area contributed by atoms with E-state index in [1.54, 1.807) is 0 Å². The molecule has 1 unspecified atom stereocenters. The van der Waals surface area contributed by atoms with E-state index in [9.17, 15) is 4.79 Å². The number of fused-ring (bicyclic) bond motifs is 2. The number of benzene rings is 2. The maximum absolute atomic E-state index is 15.5. The molecule has 180 valence electrons. The third-order valence-electron chi connectivity index (χ3n) is 7.44. The minimum absolute atomic E-state index is 0.159. The van der Waals surface area contributed by atoms with Gasteiger partial charge in [-0.3, -0.25) is 0 Å². The maximum atomic E-state index is 15.5. The molecule has 34 heavy (non-hydrogen) atoms. The van der Waals surface area contributed by atoms with Crippen LogP contribution >= 0.6 is 11.6 Å². The van der Waals surface area contributed by atoms with Crippen molar-refractivity contribution in [2.24, 2.45) is 0 Å². The molecule has 2 heterocycles. The molecule has 1 aliphatic carbocycles. The molecule has 0 bridgehead atoms. The zero-order valence-corrected chi connectivity index (χ0v) is 20.8. The SMILES string of the molecule is Cc1c[nH]c2c(-c3cc(F)c4c(c3Cl)[C@H](C)C(OC(=O)NC3CCCC3)C(C)(C)N4)cccc12. The van der Waals surface area contributed by atoms with Gasteiger partial charge < -0.3 is 20.4 Å². The van der Waals surface area contributed by atoms with Gasteiger partial charge >= 0.3 is 6.09 Å². The van der Waals surface area contributed by atoms with E-state index in [-0.39, 0.29) is 17.8 Å². The van der Waals surface area contributed by atoms with Crippen LogP contribution in [0.1, 0.15) is 63.5 Å². The molecule has 1 aliphatic heterocycles. The lowest BCUT2D eigenvalue weighted by molar-refractivity contribution is 0.0455. The number of rotatable bonds is 3. The van der Waals surface area contributed by atoms with E-state index in [0.29, 0.717) is 21.8 Å². The number of hydrogen-bond donors (Lipinski definition) is 3. The lowest BCUT2D eigenvalue weighted by Gasteiger charge is -2.44. The minimum atomic E-state index is -0.679. The number of anilines is 1. The number of aromatic nitrogens is 1. The normalized spacial score (nSPS) is 21.8. The summed E-state index contributed by atoms with van der Waals surface area (Å²) in [5.41, 5.74) is 3.82. The Morgan fingerprint density at radius 1 is 1.24 bits per heavy atom. The van der Waals surface area contributed by atoms with Crippen LogP contribution in [0.15, 0.2) is 30.5 Å². The van der Waals surface area contributed by atoms with Gasteiger partial charge in [-0.15, -0.1) is 0 Å². The van der Waals surface area contributed by atoms with Crippen molar-refractivity contribution in [3.63, 3.8) is 0 Å². The molecule has 1 fully saturated rings. The maximum Gasteiger partial charge on any atom is 0.407 e. The number of carbonyl (C=O) groups is 1. The fourth-order valence-corrected chi connectivity index (χ4v) is 6.14. The van der Waals surface area contributed by atoms with Gasteiger partial charge in [-0.25, -0.2) is 9.18 Å². The summed E-state index contributed by atoms with van der Waals surface area (Å²) in [5, 5.41) is 7.81. The van der Waals surface area contributed by atoms with Crippen LogP contribution in [0.4, 0.5) is 14.9 Å². The smallest absolute Gasteiger partial charge is 0.407 e. The standard InChI is InChI=1S/C27H31ClFN3O2/c1-14-13-30-23-17(14)10-7-11-18(23)19-12-20(29)24-21(22(19)28)15(2)25(27(3,4)32-24)34-26(33)31-16-8-5-6-9-16/h7,10-13,15-16,25,30,32H,5-6,8-9H2,1-4H3,(H,31,33)/t15-,25?/m0/s1. The summed E-state index contributed by atoms with van der Waals surface area (Å²) in [4.78, 5) is 16.0. The minimum Gasteiger partial charge on any atom is -0.443 e. The number of nitrogens with one attached hydrogen (secondary N) is 3. The van der Waals surface area contributed by atoms with Crippen LogP contribution in [0.5, 0.6) is 0 Å². The molecule has 0 radical (unpaired) electrons. The van der Waals surface area contributed by atoms with Crippen LogP contribution in [0.3, 0.4) is 0 Å². The molecule has 1 saturated carbocycles. The van der Waals surface area contributed by atoms with E-state index >= 15 is 4.39 Å². The van der Waals surface area contributed by atoms with E-state index in [4.69, 9.17) is 16.3 Å². The number of aromatic amines is 1. The summed E-state index contributed by atoms with van der Waals surface area (Å²) in [7, 11) is 0. The Balaban J connectivity index is 1.54. The van der Waals surface area contributed by atoms with Gasteiger partial charge in [-0.2, -0.15) is 0 Å². The third-order valence-corrected chi connectivity index (χ3v) is 7.85. The van der Waals surface area contributed by atoms with Crippen LogP contribution in [0, 0.1) is 12.7 Å². The van der Waals surface area contributed by atoms with Crippen LogP contribution in [0.25, 0.3) is 22.0 Å². The van der Waals surface area contributed by atoms with Crippen molar-refractivity contribution in [1.29, 1.82) is 0 Å². The van der Waals surface area contributed by atoms with Crippen LogP contribution in [-0.4, -0.2) is 28.8 Å². The predicted octanol–water partition coefficient (Wildman–Crippen LogP) is 7.28. The second-order valence-electron chi connectivity index (χ2n) is 10.3. The Morgan fingerprint density at radius 3 is 2.71 bits per heavy atom. The monoisotopic (exact) mass is 483 g/mol. The Kier molecular flexibility index (Phi) is 5.75. The summed E-state index contributed by atoms with van der Waals surface area (Å²) in [6.45, 7) is 7.82. The van der Waals surface area contributed by atoms with Gasteiger partial charge in [-0.1, -0.05) is 49.6 Å². The van der Waals surface area contributed by atoms with Crippen molar-refractivity contribution in [1.82, 2.24) is 10.3 Å². The molecule has 7 heteroatoms. The molecule has 0 spiro atoms. The van der Waals surface area contributed by atoms with E-state index < -0.39 is 17.7 Å². The molecular weight excluding hydrogens is 453 g/mol. The van der Waals surface area contributed by atoms with Crippen molar-refractivity contribution in [2.45, 2.75) is 77.0 Å². The van der Waals surface area contributed by atoms with Crippen LogP contribution in [-0.2, 0) is 4.74 Å². The molecule has 2 atom stereocenters. The molecule has 5 nitrogen and oxygen atoms in total. The number of aryl methyl sites for hydroxylation is 1. The van der Waals surface area contributed by atoms with E-state index in [1.165, 1.54) is 6.07 Å². The first-order chi connectivity index (χ1) is 16.2. The van der Waals surface area contributed by atoms with Crippen molar-refractivity contribution in [3.05, 3.63) is 52.4 Å². The van der Waals surface area contributed by atoms with Crippen LogP contribution in [0.2, 0.25) is 5.02 Å². The summed E-state index contributed by atoms with van der Waals surface area (Å²) < 4.78 is 21.5. The number of hydrogen-bond acceptors (Lipinski definition) is 3. The molecule has 0 saturated heterocycles. The first-order valence-electron chi connectivity index (χ1n) is 12.0. The highest BCUT2D eigenvalue weighted by atomic mass is 35.5. The highest BCUT2D eigenvalue weighted by Crippen LogP contribution is 2.49. The molecule has 1 amide bonds. The first-order valence-corrected chi connectivity index (χ1v) is 12.4. The fraction of sp³-hybridized carbons (Fsp3) is 0.444. The molecular formula is C27H31ClFN3O2. The van der Waals surface area contributed by atoms with Gasteiger partial charge in [0.15, 0.2) is 0 Å². The van der Waals surface area contributed by atoms with E-state index in [2.05, 4.69) is 15.6 Å². The van der Waals surface area contributed by atoms with Gasteiger partial charge in [0.1, 0.15) is 11.9 Å². The highest BCUT2D eigenvalue weighted by molar-refractivity contribution is 6.35. The Hall–Kier alpha value is -2.73. The second-order valence-corrected chi connectivity index (χ2v) is 10.7. The summed E-state index contributed by atoms with van der Waals surface area (Å²) in [6, 6.07) is 7.59. The third kappa shape index (κ3) is 3.82. The number of halogens is 2. The number of amides is 1. The zero-order valence-electron chi connectivity index (χ0n) is 20.0. The van der Waals surface area contributed by atoms with Gasteiger partial charge in [0.05, 0.1) is 21.8 Å². The lowest BCUT2D eigenvalue weighted by atomic mass is 9.78. The van der Waals surface area contributed by atoms with Crippen molar-refractivity contribution >= 4 is 34.3 Å². The molecule has 3 aromatic rings. The average Bonchev–Trinajstić information content (AvgIpc) is 3.43. The Bertz CT molecular complexity index is 1260. The number of ether oxygens (including phenoxy) is 1. The van der Waals surface area contributed by atoms with Crippen LogP contribution < -0.4 is 10.6 Å². The predicted molar refractivity (Wildman–Crippen MR) is 135 cm³/mol. The quantitative estimate of drug-likeness (QED) is 0.366. The number of carbonyl (C=O) groups excluding carboxylic acids is 1. The number of H-pyrrole nitrogens is 1. The van der Waals surface area contributed by atoms with Gasteiger partial charge in [0.2, 0.25) is 0 Å². The molecule has 2 aliphatic rings. The molecule has 5 rings (SSSR count). The fourth-order valence-electron chi connectivity index (χ4n) is 5.72. The number of para-hydroxylation sites is 1. The average molecular weight is 484 g/mol. The topological polar surface area (TPSA) is 66.2 Å². The summed E-state index contributed by atoms with van der Waals surface area (Å²) >= 11 is 6.99. The largest absolute Gasteiger partial charge is 0.443 e. The zero-order chi connectivity index (χ0) is 24.2. The molecule has 1 aromatic heterocycles. The molecule has 2 aromatic carbocycles. The van der Waals surface area contributed by atoms with Gasteiger partial charge in [-0.05, 0) is 45.2 Å². The Labute approximate surface area is 204 Å².